The first-order chi connectivity index (χ1) is 6.20. The number of aromatic nitrogens is 3. The molecule has 0 aliphatic heterocycles. The van der Waals surface area contributed by atoms with Gasteiger partial charge in [-0.25, -0.2) is 0 Å². The van der Waals surface area contributed by atoms with Gasteiger partial charge in [0.1, 0.15) is 0 Å². The van der Waals surface area contributed by atoms with E-state index in [0.717, 1.165) is 5.69 Å². The van der Waals surface area contributed by atoms with E-state index < -0.39 is 0 Å². The highest BCUT2D eigenvalue weighted by molar-refractivity contribution is 5.66. The summed E-state index contributed by atoms with van der Waals surface area (Å²) in [5.74, 6) is 0. The molecule has 0 bridgehead atoms. The first-order valence-electron chi connectivity index (χ1n) is 4.32. The van der Waals surface area contributed by atoms with Crippen molar-refractivity contribution >= 4 is 0 Å². The van der Waals surface area contributed by atoms with E-state index in [4.69, 9.17) is 0 Å². The lowest BCUT2D eigenvalue weighted by atomic mass is 10.1. The highest BCUT2D eigenvalue weighted by atomic mass is 15.1. The van der Waals surface area contributed by atoms with Crippen LogP contribution in [0.4, 0.5) is 0 Å². The van der Waals surface area contributed by atoms with Crippen LogP contribution in [0.25, 0.3) is 11.3 Å². The van der Waals surface area contributed by atoms with Crippen LogP contribution in [-0.4, -0.2) is 14.8 Å². The normalized spacial score (nSPS) is 10.7. The minimum atomic E-state index is 1.09. The minimum Gasteiger partial charge on any atom is -0.354 e. The molecule has 0 saturated heterocycles. The average molecular weight is 175 g/mol. The Kier molecular flexibility index (Phi) is 1.72. The molecule has 0 aliphatic carbocycles. The van der Waals surface area contributed by atoms with Gasteiger partial charge < -0.3 is 4.57 Å². The smallest absolute Gasteiger partial charge is 0.0670 e. The van der Waals surface area contributed by atoms with Crippen LogP contribution in [-0.2, 0) is 7.05 Å². The van der Waals surface area contributed by atoms with Gasteiger partial charge in [0.2, 0.25) is 0 Å². The molecule has 2 heterocycles. The number of nitrogens with zero attached hydrogens (tertiary/aromatic N) is 2. The molecule has 13 heavy (non-hydrogen) atoms. The molecule has 68 valence electrons. The molecule has 1 N–H and O–H groups in total. The number of hydrogen-bond acceptors (Lipinski definition) is 1. The van der Waals surface area contributed by atoms with E-state index in [9.17, 15) is 0 Å². The molecular weight excluding hydrogens is 162 g/mol. The molecule has 2 rings (SSSR count). The average Bonchev–Trinajstić information content (AvgIpc) is 2.63. The van der Waals surface area contributed by atoms with Crippen molar-refractivity contribution in [3.05, 3.63) is 29.7 Å². The first kappa shape index (κ1) is 8.10. The largest absolute Gasteiger partial charge is 0.354 e. The van der Waals surface area contributed by atoms with Crippen LogP contribution >= 0.6 is 0 Å². The third kappa shape index (κ3) is 1.16. The van der Waals surface area contributed by atoms with Crippen molar-refractivity contribution in [2.45, 2.75) is 13.8 Å². The number of aryl methyl sites for hydroxylation is 2. The van der Waals surface area contributed by atoms with Gasteiger partial charge in [-0.15, -0.1) is 0 Å². The molecule has 3 heteroatoms. The van der Waals surface area contributed by atoms with Crippen molar-refractivity contribution in [1.29, 1.82) is 0 Å². The van der Waals surface area contributed by atoms with E-state index in [0.29, 0.717) is 0 Å². The zero-order chi connectivity index (χ0) is 9.42. The Balaban J connectivity index is 2.64. The molecule has 0 aliphatic rings. The van der Waals surface area contributed by atoms with Crippen LogP contribution in [0, 0.1) is 13.8 Å². The fraction of sp³-hybridized carbons (Fsp3) is 0.300. The van der Waals surface area contributed by atoms with E-state index in [1.54, 1.807) is 6.20 Å². The first-order valence-corrected chi connectivity index (χ1v) is 4.32. The van der Waals surface area contributed by atoms with Gasteiger partial charge in [-0.3, -0.25) is 5.10 Å². The van der Waals surface area contributed by atoms with E-state index in [1.807, 2.05) is 6.07 Å². The number of rotatable bonds is 1. The molecule has 0 atom stereocenters. The monoisotopic (exact) mass is 175 g/mol. The summed E-state index contributed by atoms with van der Waals surface area (Å²) in [5, 5.41) is 6.94. The zero-order valence-corrected chi connectivity index (χ0v) is 8.13. The molecule has 0 unspecified atom stereocenters. The van der Waals surface area contributed by atoms with Gasteiger partial charge >= 0.3 is 0 Å². The fourth-order valence-electron chi connectivity index (χ4n) is 1.72. The van der Waals surface area contributed by atoms with Crippen molar-refractivity contribution in [2.75, 3.05) is 0 Å². The standard InChI is InChI=1S/C10H13N3/c1-7-6-13(3)8(2)10(7)9-4-5-11-12-9/h4-6H,1-3H3,(H,11,12). The molecule has 0 amide bonds. The lowest BCUT2D eigenvalue weighted by Crippen LogP contribution is -1.89. The number of hydrogen-bond donors (Lipinski definition) is 1. The van der Waals surface area contributed by atoms with Gasteiger partial charge in [0.15, 0.2) is 0 Å². The van der Waals surface area contributed by atoms with Crippen molar-refractivity contribution < 1.29 is 0 Å². The van der Waals surface area contributed by atoms with Crippen LogP contribution in [0.5, 0.6) is 0 Å². The van der Waals surface area contributed by atoms with Crippen LogP contribution in [0.3, 0.4) is 0 Å². The zero-order valence-electron chi connectivity index (χ0n) is 8.13. The molecule has 0 aromatic carbocycles. The molecule has 0 fully saturated rings. The van der Waals surface area contributed by atoms with Crippen molar-refractivity contribution in [1.82, 2.24) is 14.8 Å². The van der Waals surface area contributed by atoms with Gasteiger partial charge in [-0.05, 0) is 25.5 Å². The second-order valence-electron chi connectivity index (χ2n) is 3.35. The number of nitrogens with one attached hydrogen (secondary N) is 1. The summed E-state index contributed by atoms with van der Waals surface area (Å²) < 4.78 is 2.13. The number of aromatic amines is 1. The second kappa shape index (κ2) is 2.76. The summed E-state index contributed by atoms with van der Waals surface area (Å²) in [6.45, 7) is 4.23. The highest BCUT2D eigenvalue weighted by Gasteiger charge is 2.09. The van der Waals surface area contributed by atoms with Gasteiger partial charge in [0, 0.05) is 30.7 Å². The Bertz CT molecular complexity index is 410. The van der Waals surface area contributed by atoms with Crippen LogP contribution < -0.4 is 0 Å². The Morgan fingerprint density at radius 1 is 1.38 bits per heavy atom. The highest BCUT2D eigenvalue weighted by Crippen LogP contribution is 2.25. The third-order valence-corrected chi connectivity index (χ3v) is 2.44. The molecule has 0 radical (unpaired) electrons. The Labute approximate surface area is 77.4 Å². The molecule has 0 spiro atoms. The van der Waals surface area contributed by atoms with Crippen LogP contribution in [0.1, 0.15) is 11.3 Å². The van der Waals surface area contributed by atoms with Gasteiger partial charge in [-0.1, -0.05) is 0 Å². The molecule has 3 nitrogen and oxygen atoms in total. The van der Waals surface area contributed by atoms with Crippen LogP contribution in [0.2, 0.25) is 0 Å². The SMILES string of the molecule is Cc1cn(C)c(C)c1-c1ccn[nH]1. The summed E-state index contributed by atoms with van der Waals surface area (Å²) in [5.41, 5.74) is 4.90. The molecule has 0 saturated carbocycles. The lowest BCUT2D eigenvalue weighted by Gasteiger charge is -1.99. The predicted molar refractivity (Wildman–Crippen MR) is 52.5 cm³/mol. The van der Waals surface area contributed by atoms with Gasteiger partial charge in [0.05, 0.1) is 5.69 Å². The van der Waals surface area contributed by atoms with Crippen molar-refractivity contribution in [3.63, 3.8) is 0 Å². The van der Waals surface area contributed by atoms with E-state index in [1.165, 1.54) is 16.8 Å². The third-order valence-electron chi connectivity index (χ3n) is 2.44. The van der Waals surface area contributed by atoms with Gasteiger partial charge in [-0.2, -0.15) is 5.10 Å². The lowest BCUT2D eigenvalue weighted by molar-refractivity contribution is 0.881. The summed E-state index contributed by atoms with van der Waals surface area (Å²) in [7, 11) is 2.06. The van der Waals surface area contributed by atoms with Crippen molar-refractivity contribution in [3.8, 4) is 11.3 Å². The summed E-state index contributed by atoms with van der Waals surface area (Å²) in [6.07, 6.45) is 3.91. The van der Waals surface area contributed by atoms with Gasteiger partial charge in [0.25, 0.3) is 0 Å². The summed E-state index contributed by atoms with van der Waals surface area (Å²) in [4.78, 5) is 0. The molecule has 2 aromatic heterocycles. The van der Waals surface area contributed by atoms with Crippen molar-refractivity contribution in [2.24, 2.45) is 7.05 Å². The van der Waals surface area contributed by atoms with E-state index >= 15 is 0 Å². The molecule has 2 aromatic rings. The molecular formula is C10H13N3. The summed E-state index contributed by atoms with van der Waals surface area (Å²) in [6, 6.07) is 2.00. The minimum absolute atomic E-state index is 1.09. The predicted octanol–water partition coefficient (Wildman–Crippen LogP) is 2.03. The maximum absolute atomic E-state index is 3.96. The Morgan fingerprint density at radius 3 is 2.62 bits per heavy atom. The summed E-state index contributed by atoms with van der Waals surface area (Å²) >= 11 is 0. The number of H-pyrrole nitrogens is 1. The van der Waals surface area contributed by atoms with E-state index in [2.05, 4.69) is 41.9 Å². The maximum Gasteiger partial charge on any atom is 0.0670 e. The quantitative estimate of drug-likeness (QED) is 0.707. The maximum atomic E-state index is 3.96. The topological polar surface area (TPSA) is 33.6 Å². The fourth-order valence-corrected chi connectivity index (χ4v) is 1.72. The second-order valence-corrected chi connectivity index (χ2v) is 3.35. The van der Waals surface area contributed by atoms with Crippen LogP contribution in [0.15, 0.2) is 18.5 Å². The Morgan fingerprint density at radius 2 is 2.15 bits per heavy atom. The Hall–Kier alpha value is -1.51. The van der Waals surface area contributed by atoms with E-state index in [-0.39, 0.29) is 0 Å².